The Balaban J connectivity index is 1.62. The number of hydrogen-bond acceptors (Lipinski definition) is 6. The van der Waals surface area contributed by atoms with Crippen molar-refractivity contribution >= 4 is 32.7 Å². The van der Waals surface area contributed by atoms with E-state index in [-0.39, 0.29) is 10.7 Å². The summed E-state index contributed by atoms with van der Waals surface area (Å²) in [4.78, 5) is 24.2. The number of aryl methyl sites for hydroxylation is 1. The van der Waals surface area contributed by atoms with E-state index in [1.165, 1.54) is 7.05 Å². The molecule has 0 bridgehead atoms. The van der Waals surface area contributed by atoms with Crippen molar-refractivity contribution in [3.05, 3.63) is 65.7 Å². The smallest absolute Gasteiger partial charge is 0.321 e. The van der Waals surface area contributed by atoms with Gasteiger partial charge >= 0.3 is 5.97 Å². The largest absolute Gasteiger partial charge is 0.456 e. The van der Waals surface area contributed by atoms with Gasteiger partial charge in [0.25, 0.3) is 0 Å². The SMILES string of the molecule is Cc1c(C(=O)COC(=O)CN(C)S(=O)(=O)c2ccc(F)cc2)oc2ccccc12. The van der Waals surface area contributed by atoms with Crippen LogP contribution in [0.25, 0.3) is 11.0 Å². The van der Waals surface area contributed by atoms with E-state index in [2.05, 4.69) is 0 Å². The van der Waals surface area contributed by atoms with Crippen LogP contribution in [0.4, 0.5) is 4.39 Å². The molecular formula is C20H18FNO6S. The number of hydrogen-bond donors (Lipinski definition) is 0. The van der Waals surface area contributed by atoms with Crippen LogP contribution in [0.5, 0.6) is 0 Å². The fourth-order valence-electron chi connectivity index (χ4n) is 2.75. The molecule has 1 heterocycles. The molecule has 0 aliphatic rings. The fourth-order valence-corrected chi connectivity index (χ4v) is 3.87. The zero-order chi connectivity index (χ0) is 21.2. The predicted octanol–water partition coefficient (Wildman–Crippen LogP) is 2.93. The van der Waals surface area contributed by atoms with E-state index in [0.29, 0.717) is 11.1 Å². The van der Waals surface area contributed by atoms with Crippen molar-refractivity contribution in [1.82, 2.24) is 4.31 Å². The summed E-state index contributed by atoms with van der Waals surface area (Å²) in [5.74, 6) is -1.92. The van der Waals surface area contributed by atoms with Crippen LogP contribution in [0.15, 0.2) is 57.8 Å². The molecule has 0 fully saturated rings. The summed E-state index contributed by atoms with van der Waals surface area (Å²) >= 11 is 0. The molecule has 1 aromatic heterocycles. The zero-order valence-corrected chi connectivity index (χ0v) is 16.5. The van der Waals surface area contributed by atoms with E-state index in [0.717, 1.165) is 34.0 Å². The van der Waals surface area contributed by atoms with Crippen molar-refractivity contribution in [3.8, 4) is 0 Å². The first-order valence-electron chi connectivity index (χ1n) is 8.59. The van der Waals surface area contributed by atoms with Crippen molar-refractivity contribution in [2.24, 2.45) is 0 Å². The van der Waals surface area contributed by atoms with Gasteiger partial charge in [0.2, 0.25) is 15.8 Å². The number of ketones is 1. The second-order valence-corrected chi connectivity index (χ2v) is 8.40. The van der Waals surface area contributed by atoms with Crippen LogP contribution in [0, 0.1) is 12.7 Å². The number of carbonyl (C=O) groups is 2. The highest BCUT2D eigenvalue weighted by Crippen LogP contribution is 2.25. The quantitative estimate of drug-likeness (QED) is 0.432. The number of furan rings is 1. The molecule has 2 aromatic carbocycles. The molecular weight excluding hydrogens is 401 g/mol. The Morgan fingerprint density at radius 3 is 2.41 bits per heavy atom. The molecule has 152 valence electrons. The Bertz CT molecular complexity index is 1170. The first-order chi connectivity index (χ1) is 13.7. The molecule has 0 radical (unpaired) electrons. The van der Waals surface area contributed by atoms with Crippen LogP contribution >= 0.6 is 0 Å². The van der Waals surface area contributed by atoms with Crippen molar-refractivity contribution in [2.75, 3.05) is 20.2 Å². The van der Waals surface area contributed by atoms with Crippen molar-refractivity contribution in [3.63, 3.8) is 0 Å². The molecule has 0 saturated carbocycles. The summed E-state index contributed by atoms with van der Waals surface area (Å²) in [5.41, 5.74) is 1.18. The average molecular weight is 419 g/mol. The van der Waals surface area contributed by atoms with Gasteiger partial charge < -0.3 is 9.15 Å². The molecule has 0 N–H and O–H groups in total. The fraction of sp³-hybridized carbons (Fsp3) is 0.200. The van der Waals surface area contributed by atoms with Gasteiger partial charge in [0.05, 0.1) is 4.90 Å². The summed E-state index contributed by atoms with van der Waals surface area (Å²) in [7, 11) is -2.82. The molecule has 9 heteroatoms. The number of ether oxygens (including phenoxy) is 1. The molecule has 3 rings (SSSR count). The van der Waals surface area contributed by atoms with E-state index in [9.17, 15) is 22.4 Å². The van der Waals surface area contributed by atoms with Gasteiger partial charge in [0.15, 0.2) is 12.4 Å². The van der Waals surface area contributed by atoms with Crippen LogP contribution in [0.2, 0.25) is 0 Å². The highest BCUT2D eigenvalue weighted by molar-refractivity contribution is 7.89. The van der Waals surface area contributed by atoms with Gasteiger partial charge in [-0.3, -0.25) is 9.59 Å². The third-order valence-electron chi connectivity index (χ3n) is 4.33. The lowest BCUT2D eigenvalue weighted by Crippen LogP contribution is -2.33. The van der Waals surface area contributed by atoms with Crippen LogP contribution in [0.3, 0.4) is 0 Å². The maximum absolute atomic E-state index is 13.0. The molecule has 0 aliphatic carbocycles. The molecule has 0 atom stereocenters. The van der Waals surface area contributed by atoms with E-state index in [1.54, 1.807) is 19.1 Å². The van der Waals surface area contributed by atoms with Gasteiger partial charge in [-0.2, -0.15) is 4.31 Å². The third kappa shape index (κ3) is 4.36. The highest BCUT2D eigenvalue weighted by Gasteiger charge is 2.25. The molecule has 0 spiro atoms. The highest BCUT2D eigenvalue weighted by atomic mass is 32.2. The number of halogens is 1. The monoisotopic (exact) mass is 419 g/mol. The van der Waals surface area contributed by atoms with Crippen molar-refractivity contribution in [2.45, 2.75) is 11.8 Å². The molecule has 0 aliphatic heterocycles. The van der Waals surface area contributed by atoms with Crippen LogP contribution in [0.1, 0.15) is 16.1 Å². The standard InChI is InChI=1S/C20H18FNO6S/c1-13-16-5-3-4-6-18(16)28-20(13)17(23)12-27-19(24)11-22(2)29(25,26)15-9-7-14(21)8-10-15/h3-10H,11-12H2,1-2H3. The van der Waals surface area contributed by atoms with E-state index in [4.69, 9.17) is 9.15 Å². The summed E-state index contributed by atoms with van der Waals surface area (Å²) in [6.45, 7) is 0.542. The Morgan fingerprint density at radius 2 is 1.76 bits per heavy atom. The van der Waals surface area contributed by atoms with Gasteiger partial charge in [-0.1, -0.05) is 18.2 Å². The third-order valence-corrected chi connectivity index (χ3v) is 6.15. The number of carbonyl (C=O) groups excluding carboxylic acids is 2. The van der Waals surface area contributed by atoms with Crippen LogP contribution < -0.4 is 0 Å². The number of Topliss-reactive ketones (excluding diaryl/α,β-unsaturated/α-hetero) is 1. The van der Waals surface area contributed by atoms with Crippen molar-refractivity contribution in [1.29, 1.82) is 0 Å². The molecule has 0 unspecified atom stereocenters. The van der Waals surface area contributed by atoms with E-state index < -0.39 is 40.7 Å². The molecule has 29 heavy (non-hydrogen) atoms. The minimum absolute atomic E-state index is 0.0892. The lowest BCUT2D eigenvalue weighted by molar-refractivity contribution is -0.142. The Labute approximate surface area is 166 Å². The maximum Gasteiger partial charge on any atom is 0.321 e. The Morgan fingerprint density at radius 1 is 1.10 bits per heavy atom. The number of rotatable bonds is 7. The normalized spacial score (nSPS) is 11.7. The lowest BCUT2D eigenvalue weighted by atomic mass is 10.1. The van der Waals surface area contributed by atoms with Gasteiger partial charge in [-0.15, -0.1) is 0 Å². The predicted molar refractivity (Wildman–Crippen MR) is 102 cm³/mol. The second kappa shape index (κ2) is 8.14. The molecule has 0 saturated heterocycles. The summed E-state index contributed by atoms with van der Waals surface area (Å²) in [6, 6.07) is 11.3. The number of benzene rings is 2. The maximum atomic E-state index is 13.0. The Kier molecular flexibility index (Phi) is 5.81. The molecule has 3 aromatic rings. The van der Waals surface area contributed by atoms with Gasteiger partial charge in [-0.05, 0) is 37.3 Å². The molecule has 7 nitrogen and oxygen atoms in total. The van der Waals surface area contributed by atoms with Crippen molar-refractivity contribution < 1.29 is 31.6 Å². The number of nitrogens with zero attached hydrogens (tertiary/aromatic N) is 1. The first kappa shape index (κ1) is 20.7. The number of esters is 1. The van der Waals surface area contributed by atoms with E-state index in [1.807, 2.05) is 12.1 Å². The van der Waals surface area contributed by atoms with Crippen LogP contribution in [-0.2, 0) is 19.6 Å². The van der Waals surface area contributed by atoms with E-state index >= 15 is 0 Å². The Hall–Kier alpha value is -3.04. The first-order valence-corrected chi connectivity index (χ1v) is 10.0. The number of sulfonamides is 1. The topological polar surface area (TPSA) is 93.9 Å². The summed E-state index contributed by atoms with van der Waals surface area (Å²) in [5, 5.41) is 0.785. The molecule has 0 amide bonds. The van der Waals surface area contributed by atoms with Gasteiger partial charge in [0, 0.05) is 18.0 Å². The minimum Gasteiger partial charge on any atom is -0.456 e. The second-order valence-electron chi connectivity index (χ2n) is 6.35. The number of fused-ring (bicyclic) bond motifs is 1. The lowest BCUT2D eigenvalue weighted by Gasteiger charge is -2.16. The summed E-state index contributed by atoms with van der Waals surface area (Å²) in [6.07, 6.45) is 0. The number of para-hydroxylation sites is 1. The van der Waals surface area contributed by atoms with Crippen LogP contribution in [-0.4, -0.2) is 44.7 Å². The minimum atomic E-state index is -4.00. The summed E-state index contributed by atoms with van der Waals surface area (Å²) < 4.78 is 49.0. The van der Waals surface area contributed by atoms with Gasteiger partial charge in [-0.25, -0.2) is 12.8 Å². The number of likely N-dealkylation sites (N-methyl/N-ethyl adjacent to an activating group) is 1. The zero-order valence-electron chi connectivity index (χ0n) is 15.7. The van der Waals surface area contributed by atoms with Gasteiger partial charge in [0.1, 0.15) is 17.9 Å². The average Bonchev–Trinajstić information content (AvgIpc) is 3.03.